The molecule has 0 radical (unpaired) electrons. The maximum absolute atomic E-state index is 12.2. The minimum atomic E-state index is -0.318. The zero-order chi connectivity index (χ0) is 21.1. The third-order valence-electron chi connectivity index (χ3n) is 4.46. The fraction of sp³-hybridized carbons (Fsp3) is 0.143. The van der Waals surface area contributed by atoms with Gasteiger partial charge >= 0.3 is 0 Å². The van der Waals surface area contributed by atoms with Crippen LogP contribution in [0.4, 0.5) is 5.95 Å². The number of methoxy groups -OCH3 is 1. The zero-order valence-corrected chi connectivity index (χ0v) is 17.5. The number of benzene rings is 2. The number of nitrogens with zero attached hydrogens (tertiary/aromatic N) is 3. The summed E-state index contributed by atoms with van der Waals surface area (Å²) in [6.45, 7) is 0. The van der Waals surface area contributed by atoms with E-state index in [0.717, 1.165) is 17.0 Å². The van der Waals surface area contributed by atoms with Crippen LogP contribution in [0.5, 0.6) is 5.75 Å². The van der Waals surface area contributed by atoms with Crippen molar-refractivity contribution in [3.05, 3.63) is 64.5 Å². The Morgan fingerprint density at radius 2 is 1.83 bits per heavy atom. The van der Waals surface area contributed by atoms with E-state index in [-0.39, 0.29) is 30.5 Å². The molecular weight excluding hydrogens is 424 g/mol. The van der Waals surface area contributed by atoms with Crippen molar-refractivity contribution in [2.24, 2.45) is 0 Å². The predicted molar refractivity (Wildman–Crippen MR) is 116 cm³/mol. The average Bonchev–Trinajstić information content (AvgIpc) is 3.33. The standard InChI is InChI=1S/C21H17ClN4O3S/c1-29-16-8-4-13(5-9-16)17-12-30-21-24-20(25-26(17)21)23-19(28)11-10-18(27)14-2-6-15(22)7-3-14/h2-9,12H,10-11H2,1H3,(H,23,25,28). The Balaban J connectivity index is 1.41. The number of aromatic nitrogens is 3. The summed E-state index contributed by atoms with van der Waals surface area (Å²) in [7, 11) is 1.62. The van der Waals surface area contributed by atoms with Gasteiger partial charge in [0.1, 0.15) is 5.75 Å². The van der Waals surface area contributed by atoms with Gasteiger partial charge in [-0.05, 0) is 48.5 Å². The molecule has 0 aliphatic carbocycles. The smallest absolute Gasteiger partial charge is 0.250 e. The number of Topliss-reactive ketones (excluding diaryl/α,β-unsaturated/α-hetero) is 1. The Morgan fingerprint density at radius 3 is 2.53 bits per heavy atom. The van der Waals surface area contributed by atoms with Crippen LogP contribution < -0.4 is 10.1 Å². The monoisotopic (exact) mass is 440 g/mol. The molecule has 2 heterocycles. The first-order chi connectivity index (χ1) is 14.5. The van der Waals surface area contributed by atoms with Crippen molar-refractivity contribution < 1.29 is 14.3 Å². The van der Waals surface area contributed by atoms with E-state index in [9.17, 15) is 9.59 Å². The number of ketones is 1. The molecule has 1 amide bonds. The van der Waals surface area contributed by atoms with Crippen LogP contribution in [0, 0.1) is 0 Å². The van der Waals surface area contributed by atoms with Crippen molar-refractivity contribution in [3.63, 3.8) is 0 Å². The lowest BCUT2D eigenvalue weighted by Crippen LogP contribution is -2.14. The molecule has 4 rings (SSSR count). The van der Waals surface area contributed by atoms with Crippen LogP contribution in [0.2, 0.25) is 5.02 Å². The van der Waals surface area contributed by atoms with Crippen molar-refractivity contribution in [2.45, 2.75) is 12.8 Å². The van der Waals surface area contributed by atoms with Gasteiger partial charge in [-0.2, -0.15) is 4.98 Å². The largest absolute Gasteiger partial charge is 0.497 e. The number of halogens is 1. The van der Waals surface area contributed by atoms with Gasteiger partial charge in [0, 0.05) is 34.4 Å². The van der Waals surface area contributed by atoms with Gasteiger partial charge in [-0.25, -0.2) is 4.52 Å². The van der Waals surface area contributed by atoms with Gasteiger partial charge in [0.2, 0.25) is 16.8 Å². The number of fused-ring (bicyclic) bond motifs is 1. The van der Waals surface area contributed by atoms with Gasteiger partial charge in [-0.15, -0.1) is 16.4 Å². The third kappa shape index (κ3) is 4.34. The fourth-order valence-electron chi connectivity index (χ4n) is 2.89. The number of carbonyl (C=O) groups excluding carboxylic acids is 2. The highest BCUT2D eigenvalue weighted by atomic mass is 35.5. The molecule has 7 nitrogen and oxygen atoms in total. The molecule has 0 atom stereocenters. The number of nitrogens with one attached hydrogen (secondary N) is 1. The molecule has 0 saturated heterocycles. The highest BCUT2D eigenvalue weighted by Gasteiger charge is 2.15. The summed E-state index contributed by atoms with van der Waals surface area (Å²) in [6, 6.07) is 14.2. The third-order valence-corrected chi connectivity index (χ3v) is 5.53. The molecular formula is C21H17ClN4O3S. The Bertz CT molecular complexity index is 1200. The average molecular weight is 441 g/mol. The van der Waals surface area contributed by atoms with E-state index in [1.807, 2.05) is 29.6 Å². The molecule has 0 spiro atoms. The quantitative estimate of drug-likeness (QED) is 0.420. The first-order valence-electron chi connectivity index (χ1n) is 9.11. The maximum Gasteiger partial charge on any atom is 0.250 e. The van der Waals surface area contributed by atoms with Gasteiger partial charge in [0.15, 0.2) is 5.78 Å². The van der Waals surface area contributed by atoms with E-state index in [4.69, 9.17) is 16.3 Å². The maximum atomic E-state index is 12.2. The highest BCUT2D eigenvalue weighted by molar-refractivity contribution is 7.15. The van der Waals surface area contributed by atoms with Crippen LogP contribution >= 0.6 is 22.9 Å². The Labute approximate surface area is 181 Å². The molecule has 1 N–H and O–H groups in total. The van der Waals surface area contributed by atoms with Crippen molar-refractivity contribution in [1.29, 1.82) is 0 Å². The molecule has 0 unspecified atom stereocenters. The van der Waals surface area contributed by atoms with E-state index in [1.54, 1.807) is 35.9 Å². The lowest BCUT2D eigenvalue weighted by atomic mass is 10.1. The van der Waals surface area contributed by atoms with Gasteiger partial charge in [-0.1, -0.05) is 11.6 Å². The molecule has 0 aliphatic heterocycles. The summed E-state index contributed by atoms with van der Waals surface area (Å²) in [5, 5.41) is 9.55. The molecule has 0 aliphatic rings. The number of ether oxygens (including phenoxy) is 1. The predicted octanol–water partition coefficient (Wildman–Crippen LogP) is 4.72. The molecule has 152 valence electrons. The lowest BCUT2D eigenvalue weighted by molar-refractivity contribution is -0.116. The van der Waals surface area contributed by atoms with Crippen LogP contribution in [0.15, 0.2) is 53.9 Å². The second-order valence-electron chi connectivity index (χ2n) is 6.46. The van der Waals surface area contributed by atoms with Crippen molar-refractivity contribution in [2.75, 3.05) is 12.4 Å². The summed E-state index contributed by atoms with van der Waals surface area (Å²) < 4.78 is 6.87. The molecule has 9 heteroatoms. The number of thiazole rings is 1. The van der Waals surface area contributed by atoms with E-state index < -0.39 is 0 Å². The summed E-state index contributed by atoms with van der Waals surface area (Å²) in [4.78, 5) is 29.4. The molecule has 2 aromatic carbocycles. The normalized spacial score (nSPS) is 10.9. The second kappa shape index (κ2) is 8.64. The molecule has 30 heavy (non-hydrogen) atoms. The van der Waals surface area contributed by atoms with Crippen LogP contribution in [0.1, 0.15) is 23.2 Å². The highest BCUT2D eigenvalue weighted by Crippen LogP contribution is 2.27. The van der Waals surface area contributed by atoms with Gasteiger partial charge in [0.25, 0.3) is 0 Å². The first-order valence-corrected chi connectivity index (χ1v) is 10.4. The number of carbonyl (C=O) groups is 2. The summed E-state index contributed by atoms with van der Waals surface area (Å²) in [5.41, 5.74) is 2.35. The topological polar surface area (TPSA) is 85.6 Å². The lowest BCUT2D eigenvalue weighted by Gasteiger charge is -2.03. The fourth-order valence-corrected chi connectivity index (χ4v) is 3.85. The Morgan fingerprint density at radius 1 is 1.10 bits per heavy atom. The first kappa shape index (κ1) is 20.1. The van der Waals surface area contributed by atoms with Crippen LogP contribution in [0.25, 0.3) is 16.2 Å². The molecule has 4 aromatic rings. The van der Waals surface area contributed by atoms with E-state index >= 15 is 0 Å². The van der Waals surface area contributed by atoms with Gasteiger partial charge in [0.05, 0.1) is 12.8 Å². The molecule has 0 saturated carbocycles. The molecule has 0 bridgehead atoms. The Hall–Kier alpha value is -3.23. The summed E-state index contributed by atoms with van der Waals surface area (Å²) in [5.74, 6) is 0.537. The number of anilines is 1. The van der Waals surface area contributed by atoms with Crippen LogP contribution in [-0.4, -0.2) is 33.4 Å². The van der Waals surface area contributed by atoms with E-state index in [1.165, 1.54) is 11.3 Å². The minimum absolute atomic E-state index is 0.0413. The summed E-state index contributed by atoms with van der Waals surface area (Å²) in [6.07, 6.45) is 0.131. The molecule has 2 aromatic heterocycles. The number of amides is 1. The van der Waals surface area contributed by atoms with Crippen molar-refractivity contribution >= 4 is 45.5 Å². The van der Waals surface area contributed by atoms with Crippen LogP contribution in [0.3, 0.4) is 0 Å². The Kier molecular flexibility index (Phi) is 5.78. The number of hydrogen-bond donors (Lipinski definition) is 1. The zero-order valence-electron chi connectivity index (χ0n) is 16.0. The van der Waals surface area contributed by atoms with Crippen LogP contribution in [-0.2, 0) is 4.79 Å². The number of hydrogen-bond acceptors (Lipinski definition) is 6. The van der Waals surface area contributed by atoms with Gasteiger partial charge < -0.3 is 4.74 Å². The van der Waals surface area contributed by atoms with Crippen molar-refractivity contribution in [3.8, 4) is 17.0 Å². The number of rotatable bonds is 7. The second-order valence-corrected chi connectivity index (χ2v) is 7.73. The van der Waals surface area contributed by atoms with E-state index in [2.05, 4.69) is 15.4 Å². The minimum Gasteiger partial charge on any atom is -0.497 e. The summed E-state index contributed by atoms with van der Waals surface area (Å²) >= 11 is 7.25. The molecule has 0 fully saturated rings. The SMILES string of the molecule is COc1ccc(-c2csc3nc(NC(=O)CCC(=O)c4ccc(Cl)cc4)nn23)cc1. The van der Waals surface area contributed by atoms with Crippen molar-refractivity contribution in [1.82, 2.24) is 14.6 Å². The van der Waals surface area contributed by atoms with E-state index in [0.29, 0.717) is 15.5 Å². The van der Waals surface area contributed by atoms with Gasteiger partial charge in [-0.3, -0.25) is 14.9 Å².